The summed E-state index contributed by atoms with van der Waals surface area (Å²) in [5.74, 6) is 4.25. The Morgan fingerprint density at radius 1 is 1.19 bits per heavy atom. The maximum absolute atomic E-state index is 5.94. The molecule has 3 rings (SSSR count). The Balaban J connectivity index is 1.81. The van der Waals surface area contributed by atoms with Gasteiger partial charge in [-0.2, -0.15) is 4.98 Å². The first-order chi connectivity index (χ1) is 12.5. The lowest BCUT2D eigenvalue weighted by molar-refractivity contribution is 0.0873. The van der Waals surface area contributed by atoms with Crippen molar-refractivity contribution < 1.29 is 14.2 Å². The fourth-order valence-electron chi connectivity index (χ4n) is 3.19. The van der Waals surface area contributed by atoms with E-state index >= 15 is 0 Å². The molecule has 0 aliphatic carbocycles. The van der Waals surface area contributed by atoms with Gasteiger partial charge in [0.1, 0.15) is 23.1 Å². The fraction of sp³-hybridized carbons (Fsp3) is 0.500. The van der Waals surface area contributed by atoms with E-state index < -0.39 is 0 Å². The molecule has 2 heterocycles. The zero-order valence-corrected chi connectivity index (χ0v) is 15.9. The lowest BCUT2D eigenvalue weighted by atomic mass is 10.0. The minimum Gasteiger partial charge on any atom is -0.497 e. The Bertz CT molecular complexity index is 719. The van der Waals surface area contributed by atoms with Crippen LogP contribution in [0.4, 0.5) is 5.82 Å². The number of rotatable bonds is 6. The third kappa shape index (κ3) is 4.64. The predicted octanol–water partition coefficient (Wildman–Crippen LogP) is 3.84. The summed E-state index contributed by atoms with van der Waals surface area (Å²) in [5, 5.41) is 0. The number of ether oxygens (including phenoxy) is 3. The highest BCUT2D eigenvalue weighted by atomic mass is 16.5. The third-order valence-electron chi connectivity index (χ3n) is 4.35. The fourth-order valence-corrected chi connectivity index (χ4v) is 3.19. The molecule has 26 heavy (non-hydrogen) atoms. The van der Waals surface area contributed by atoms with Crippen LogP contribution < -0.4 is 14.4 Å². The molecule has 0 spiro atoms. The molecular formula is C20H27N3O3. The smallest absolute Gasteiger partial charge is 0.224 e. The number of methoxy groups -OCH3 is 1. The Morgan fingerprint density at radius 3 is 2.62 bits per heavy atom. The molecule has 1 saturated heterocycles. The molecule has 0 amide bonds. The normalized spacial score (nSPS) is 17.4. The summed E-state index contributed by atoms with van der Waals surface area (Å²) in [5.41, 5.74) is 0. The van der Waals surface area contributed by atoms with Gasteiger partial charge in [-0.05, 0) is 43.5 Å². The first kappa shape index (κ1) is 18.5. The van der Waals surface area contributed by atoms with Crippen LogP contribution >= 0.6 is 0 Å². The molecule has 6 nitrogen and oxygen atoms in total. The quantitative estimate of drug-likeness (QED) is 0.783. The molecule has 0 bridgehead atoms. The van der Waals surface area contributed by atoms with Crippen molar-refractivity contribution >= 4 is 5.82 Å². The second-order valence-electron chi connectivity index (χ2n) is 6.94. The van der Waals surface area contributed by atoms with Crippen molar-refractivity contribution in [1.29, 1.82) is 0 Å². The van der Waals surface area contributed by atoms with Crippen LogP contribution in [0.3, 0.4) is 0 Å². The molecule has 1 aromatic carbocycles. The average molecular weight is 357 g/mol. The minimum absolute atomic E-state index is 0.326. The molecule has 1 fully saturated rings. The van der Waals surface area contributed by atoms with E-state index in [0.717, 1.165) is 36.9 Å². The molecule has 0 N–H and O–H groups in total. The molecule has 1 aliphatic heterocycles. The van der Waals surface area contributed by atoms with Gasteiger partial charge >= 0.3 is 0 Å². The van der Waals surface area contributed by atoms with Crippen LogP contribution in [-0.2, 0) is 4.74 Å². The lowest BCUT2D eigenvalue weighted by Gasteiger charge is -2.37. The lowest BCUT2D eigenvalue weighted by Crippen LogP contribution is -2.46. The molecule has 1 atom stereocenters. The SMILES string of the molecule is COc1ccc(Oc2cc(N3CCOC[C@@H]3CC(C)C)nc(C)n2)cc1. The van der Waals surface area contributed by atoms with Gasteiger partial charge in [-0.3, -0.25) is 0 Å². The Hall–Kier alpha value is -2.34. The van der Waals surface area contributed by atoms with E-state index in [0.29, 0.717) is 30.3 Å². The van der Waals surface area contributed by atoms with Gasteiger partial charge in [0.05, 0.1) is 26.4 Å². The third-order valence-corrected chi connectivity index (χ3v) is 4.35. The van der Waals surface area contributed by atoms with Gasteiger partial charge in [0.25, 0.3) is 0 Å². The van der Waals surface area contributed by atoms with E-state index in [4.69, 9.17) is 14.2 Å². The molecule has 0 saturated carbocycles. The second-order valence-corrected chi connectivity index (χ2v) is 6.94. The second kappa shape index (κ2) is 8.36. The van der Waals surface area contributed by atoms with Gasteiger partial charge in [-0.1, -0.05) is 13.8 Å². The number of hydrogen-bond donors (Lipinski definition) is 0. The van der Waals surface area contributed by atoms with E-state index in [-0.39, 0.29) is 0 Å². The van der Waals surface area contributed by atoms with Gasteiger partial charge in [0.15, 0.2) is 0 Å². The molecule has 6 heteroatoms. The summed E-state index contributed by atoms with van der Waals surface area (Å²) < 4.78 is 16.8. The highest BCUT2D eigenvalue weighted by Crippen LogP contribution is 2.28. The Morgan fingerprint density at radius 2 is 1.92 bits per heavy atom. The standard InChI is InChI=1S/C20H27N3O3/c1-14(2)11-16-13-25-10-9-23(16)19-12-20(22-15(3)21-19)26-18-7-5-17(24-4)6-8-18/h5-8,12,14,16H,9-11,13H2,1-4H3/t16-/m0/s1. The van der Waals surface area contributed by atoms with E-state index in [2.05, 4.69) is 28.7 Å². The highest BCUT2D eigenvalue weighted by molar-refractivity contribution is 5.45. The first-order valence-corrected chi connectivity index (χ1v) is 9.07. The summed E-state index contributed by atoms with van der Waals surface area (Å²) in [4.78, 5) is 11.4. The predicted molar refractivity (Wildman–Crippen MR) is 101 cm³/mol. The average Bonchev–Trinajstić information content (AvgIpc) is 2.62. The molecule has 0 radical (unpaired) electrons. The summed E-state index contributed by atoms with van der Waals surface area (Å²) in [6.07, 6.45) is 1.07. The number of nitrogens with zero attached hydrogens (tertiary/aromatic N) is 3. The molecule has 2 aromatic rings. The van der Waals surface area contributed by atoms with Crippen molar-refractivity contribution in [3.63, 3.8) is 0 Å². The van der Waals surface area contributed by atoms with Crippen molar-refractivity contribution in [3.8, 4) is 17.4 Å². The van der Waals surface area contributed by atoms with E-state index in [9.17, 15) is 0 Å². The van der Waals surface area contributed by atoms with Crippen LogP contribution in [0.1, 0.15) is 26.1 Å². The van der Waals surface area contributed by atoms with Crippen LogP contribution in [0.25, 0.3) is 0 Å². The monoisotopic (exact) mass is 357 g/mol. The van der Waals surface area contributed by atoms with Crippen molar-refractivity contribution in [2.24, 2.45) is 5.92 Å². The highest BCUT2D eigenvalue weighted by Gasteiger charge is 2.25. The van der Waals surface area contributed by atoms with E-state index in [1.165, 1.54) is 0 Å². The van der Waals surface area contributed by atoms with Crippen LogP contribution in [0.15, 0.2) is 30.3 Å². The number of morpholine rings is 1. The van der Waals surface area contributed by atoms with Crippen LogP contribution in [-0.4, -0.2) is 42.9 Å². The number of benzene rings is 1. The number of aryl methyl sites for hydroxylation is 1. The largest absolute Gasteiger partial charge is 0.497 e. The van der Waals surface area contributed by atoms with E-state index in [1.807, 2.05) is 37.3 Å². The van der Waals surface area contributed by atoms with Crippen molar-refractivity contribution in [3.05, 3.63) is 36.2 Å². The zero-order chi connectivity index (χ0) is 18.5. The summed E-state index contributed by atoms with van der Waals surface area (Å²) in [6.45, 7) is 8.63. The van der Waals surface area contributed by atoms with Gasteiger partial charge < -0.3 is 19.1 Å². The van der Waals surface area contributed by atoms with Crippen LogP contribution in [0.2, 0.25) is 0 Å². The maximum Gasteiger partial charge on any atom is 0.224 e. The van der Waals surface area contributed by atoms with Crippen molar-refractivity contribution in [2.45, 2.75) is 33.2 Å². The van der Waals surface area contributed by atoms with Gasteiger partial charge in [-0.15, -0.1) is 0 Å². The zero-order valence-electron chi connectivity index (χ0n) is 15.9. The summed E-state index contributed by atoms with van der Waals surface area (Å²) in [6, 6.07) is 9.71. The number of aromatic nitrogens is 2. The van der Waals surface area contributed by atoms with E-state index in [1.54, 1.807) is 7.11 Å². The number of anilines is 1. The van der Waals surface area contributed by atoms with Gasteiger partial charge in [0, 0.05) is 12.6 Å². The number of hydrogen-bond acceptors (Lipinski definition) is 6. The molecular weight excluding hydrogens is 330 g/mol. The topological polar surface area (TPSA) is 56.7 Å². The summed E-state index contributed by atoms with van der Waals surface area (Å²) >= 11 is 0. The first-order valence-electron chi connectivity index (χ1n) is 9.07. The van der Waals surface area contributed by atoms with Crippen LogP contribution in [0.5, 0.6) is 17.4 Å². The molecule has 0 unspecified atom stereocenters. The Kier molecular flexibility index (Phi) is 5.93. The van der Waals surface area contributed by atoms with Crippen molar-refractivity contribution in [2.75, 3.05) is 31.8 Å². The molecule has 1 aromatic heterocycles. The van der Waals surface area contributed by atoms with Crippen LogP contribution in [0, 0.1) is 12.8 Å². The molecule has 1 aliphatic rings. The van der Waals surface area contributed by atoms with Gasteiger partial charge in [0.2, 0.25) is 5.88 Å². The molecule has 140 valence electrons. The summed E-state index contributed by atoms with van der Waals surface area (Å²) in [7, 11) is 1.64. The van der Waals surface area contributed by atoms with Crippen molar-refractivity contribution in [1.82, 2.24) is 9.97 Å². The maximum atomic E-state index is 5.94. The Labute approximate surface area is 155 Å². The minimum atomic E-state index is 0.326. The van der Waals surface area contributed by atoms with Gasteiger partial charge in [-0.25, -0.2) is 4.98 Å².